The zero-order valence-electron chi connectivity index (χ0n) is 16.4. The minimum atomic E-state index is 0. The highest BCUT2D eigenvalue weighted by molar-refractivity contribution is 14.0. The lowest BCUT2D eigenvalue weighted by Crippen LogP contribution is -2.54. The lowest BCUT2D eigenvalue weighted by Gasteiger charge is -2.37. The van der Waals surface area contributed by atoms with E-state index in [-0.39, 0.29) is 42.5 Å². The van der Waals surface area contributed by atoms with Crippen molar-refractivity contribution in [3.8, 4) is 0 Å². The first-order chi connectivity index (χ1) is 11.9. The molecule has 0 saturated carbocycles. The van der Waals surface area contributed by atoms with Crippen molar-refractivity contribution >= 4 is 41.7 Å². The standard InChI is InChI=1S/C18H30N6O.HI/c1-14(2)21-18(20-13-17(25)22(4)5)24-10-8-23(9-11-24)16-12-15(3)6-7-19-16;/h6-7,12,14H,8-11,13H2,1-5H3,(H,20,21);1H. The van der Waals surface area contributed by atoms with Gasteiger partial charge in [0.05, 0.1) is 0 Å². The number of carbonyl (C=O) groups is 1. The van der Waals surface area contributed by atoms with Gasteiger partial charge in [0.15, 0.2) is 5.96 Å². The van der Waals surface area contributed by atoms with E-state index in [2.05, 4.69) is 51.9 Å². The Morgan fingerprint density at radius 3 is 2.50 bits per heavy atom. The van der Waals surface area contributed by atoms with Crippen LogP contribution in [0, 0.1) is 6.92 Å². The number of pyridine rings is 1. The van der Waals surface area contributed by atoms with Crippen LogP contribution in [0.25, 0.3) is 0 Å². The Balaban J connectivity index is 0.00000338. The molecular weight excluding hydrogens is 443 g/mol. The molecule has 0 aromatic carbocycles. The summed E-state index contributed by atoms with van der Waals surface area (Å²) < 4.78 is 0. The first-order valence-electron chi connectivity index (χ1n) is 8.80. The van der Waals surface area contributed by atoms with Crippen LogP contribution >= 0.6 is 24.0 Å². The van der Waals surface area contributed by atoms with Gasteiger partial charge in [-0.25, -0.2) is 9.98 Å². The molecule has 1 aliphatic rings. The number of piperazine rings is 1. The van der Waals surface area contributed by atoms with Crippen LogP contribution in [0.2, 0.25) is 0 Å². The van der Waals surface area contributed by atoms with Crippen LogP contribution < -0.4 is 10.2 Å². The lowest BCUT2D eigenvalue weighted by molar-refractivity contribution is -0.127. The first-order valence-corrected chi connectivity index (χ1v) is 8.80. The number of nitrogens with one attached hydrogen (secondary N) is 1. The van der Waals surface area contributed by atoms with E-state index in [0.29, 0.717) is 0 Å². The third-order valence-corrected chi connectivity index (χ3v) is 4.08. The van der Waals surface area contributed by atoms with Crippen LogP contribution in [0.15, 0.2) is 23.3 Å². The van der Waals surface area contributed by atoms with Crippen molar-refractivity contribution in [3.05, 3.63) is 23.9 Å². The molecule has 1 aliphatic heterocycles. The Morgan fingerprint density at radius 1 is 1.31 bits per heavy atom. The molecule has 0 unspecified atom stereocenters. The number of hydrogen-bond acceptors (Lipinski definition) is 4. The topological polar surface area (TPSA) is 64.1 Å². The SMILES string of the molecule is Cc1ccnc(N2CCN(C(=NCC(=O)N(C)C)NC(C)C)CC2)c1.I. The van der Waals surface area contributed by atoms with Crippen molar-refractivity contribution in [2.45, 2.75) is 26.8 Å². The number of likely N-dealkylation sites (N-methyl/N-ethyl adjacent to an activating group) is 1. The van der Waals surface area contributed by atoms with Crippen LogP contribution in [0.4, 0.5) is 5.82 Å². The summed E-state index contributed by atoms with van der Waals surface area (Å²) in [7, 11) is 3.50. The van der Waals surface area contributed by atoms with E-state index in [1.807, 2.05) is 12.3 Å². The van der Waals surface area contributed by atoms with Crippen molar-refractivity contribution in [1.82, 2.24) is 20.1 Å². The highest BCUT2D eigenvalue weighted by atomic mass is 127. The van der Waals surface area contributed by atoms with Gasteiger partial charge in [0.2, 0.25) is 5.91 Å². The number of nitrogens with zero attached hydrogens (tertiary/aromatic N) is 5. The van der Waals surface area contributed by atoms with Crippen LogP contribution in [-0.2, 0) is 4.79 Å². The number of aliphatic imine (C=N–C) groups is 1. The predicted octanol–water partition coefficient (Wildman–Crippen LogP) is 1.57. The van der Waals surface area contributed by atoms with E-state index >= 15 is 0 Å². The Hall–Kier alpha value is -1.58. The van der Waals surface area contributed by atoms with Crippen LogP contribution in [0.1, 0.15) is 19.4 Å². The maximum Gasteiger partial charge on any atom is 0.243 e. The minimum Gasteiger partial charge on any atom is -0.354 e. The number of aromatic nitrogens is 1. The predicted molar refractivity (Wildman–Crippen MR) is 117 cm³/mol. The monoisotopic (exact) mass is 474 g/mol. The summed E-state index contributed by atoms with van der Waals surface area (Å²) in [4.78, 5) is 26.9. The number of hydrogen-bond donors (Lipinski definition) is 1. The number of aryl methyl sites for hydroxylation is 1. The molecule has 26 heavy (non-hydrogen) atoms. The molecule has 0 atom stereocenters. The third-order valence-electron chi connectivity index (χ3n) is 4.08. The Labute approximate surface area is 173 Å². The molecule has 1 aromatic heterocycles. The second-order valence-electron chi connectivity index (χ2n) is 6.89. The number of anilines is 1. The zero-order chi connectivity index (χ0) is 18.4. The zero-order valence-corrected chi connectivity index (χ0v) is 18.7. The highest BCUT2D eigenvalue weighted by Gasteiger charge is 2.21. The molecular formula is C18H31IN6O. The van der Waals surface area contributed by atoms with Crippen LogP contribution in [0.5, 0.6) is 0 Å². The quantitative estimate of drug-likeness (QED) is 0.408. The Bertz CT molecular complexity index is 611. The van der Waals surface area contributed by atoms with Crippen molar-refractivity contribution in [2.24, 2.45) is 4.99 Å². The molecule has 2 rings (SSSR count). The smallest absolute Gasteiger partial charge is 0.243 e. The molecule has 1 saturated heterocycles. The summed E-state index contributed by atoms with van der Waals surface area (Å²) >= 11 is 0. The van der Waals surface area contributed by atoms with E-state index in [1.165, 1.54) is 5.56 Å². The number of rotatable bonds is 4. The molecule has 0 aliphatic carbocycles. The maximum atomic E-state index is 11.8. The summed E-state index contributed by atoms with van der Waals surface area (Å²) in [5.41, 5.74) is 1.22. The Kier molecular flexibility index (Phi) is 9.11. The van der Waals surface area contributed by atoms with E-state index in [0.717, 1.165) is 38.0 Å². The fourth-order valence-electron chi connectivity index (χ4n) is 2.62. The van der Waals surface area contributed by atoms with Crippen molar-refractivity contribution in [3.63, 3.8) is 0 Å². The number of amides is 1. The largest absolute Gasteiger partial charge is 0.354 e. The molecule has 1 fully saturated rings. The maximum absolute atomic E-state index is 11.8. The molecule has 146 valence electrons. The number of halogens is 1. The van der Waals surface area contributed by atoms with E-state index in [1.54, 1.807) is 19.0 Å². The summed E-state index contributed by atoms with van der Waals surface area (Å²) in [5, 5.41) is 3.38. The van der Waals surface area contributed by atoms with Gasteiger partial charge in [-0.3, -0.25) is 4.79 Å². The Morgan fingerprint density at radius 2 is 1.96 bits per heavy atom. The summed E-state index contributed by atoms with van der Waals surface area (Å²) in [6.45, 7) is 9.89. The first kappa shape index (κ1) is 22.5. The van der Waals surface area contributed by atoms with E-state index in [9.17, 15) is 4.79 Å². The van der Waals surface area contributed by atoms with Gasteiger partial charge in [-0.1, -0.05) is 0 Å². The van der Waals surface area contributed by atoms with Crippen LogP contribution in [0.3, 0.4) is 0 Å². The van der Waals surface area contributed by atoms with Crippen molar-refractivity contribution < 1.29 is 4.79 Å². The fraction of sp³-hybridized carbons (Fsp3) is 0.611. The van der Waals surface area contributed by atoms with Gasteiger partial charge in [0.1, 0.15) is 12.4 Å². The van der Waals surface area contributed by atoms with Gasteiger partial charge in [-0.2, -0.15) is 0 Å². The van der Waals surface area contributed by atoms with E-state index < -0.39 is 0 Å². The van der Waals surface area contributed by atoms with E-state index in [4.69, 9.17) is 0 Å². The molecule has 0 radical (unpaired) electrons. The van der Waals surface area contributed by atoms with Gasteiger partial charge >= 0.3 is 0 Å². The minimum absolute atomic E-state index is 0. The van der Waals surface area contributed by atoms with Gasteiger partial charge in [0.25, 0.3) is 0 Å². The molecule has 1 amide bonds. The van der Waals surface area contributed by atoms with Crippen molar-refractivity contribution in [1.29, 1.82) is 0 Å². The van der Waals surface area contributed by atoms with Gasteiger partial charge in [-0.15, -0.1) is 24.0 Å². The molecule has 0 bridgehead atoms. The number of guanidine groups is 1. The average molecular weight is 474 g/mol. The second kappa shape index (κ2) is 10.5. The van der Waals surface area contributed by atoms with Crippen LogP contribution in [-0.4, -0.2) is 79.5 Å². The fourth-order valence-corrected chi connectivity index (χ4v) is 2.62. The van der Waals surface area contributed by atoms with Gasteiger partial charge in [-0.05, 0) is 38.5 Å². The second-order valence-corrected chi connectivity index (χ2v) is 6.89. The normalized spacial score (nSPS) is 14.9. The summed E-state index contributed by atoms with van der Waals surface area (Å²) in [6.07, 6.45) is 1.86. The molecule has 7 nitrogen and oxygen atoms in total. The molecule has 1 aromatic rings. The number of carbonyl (C=O) groups excluding carboxylic acids is 1. The summed E-state index contributed by atoms with van der Waals surface area (Å²) in [6, 6.07) is 4.40. The molecule has 0 spiro atoms. The molecule has 8 heteroatoms. The summed E-state index contributed by atoms with van der Waals surface area (Å²) in [5.74, 6) is 1.84. The lowest BCUT2D eigenvalue weighted by atomic mass is 10.2. The molecule has 2 heterocycles. The third kappa shape index (κ3) is 6.62. The van der Waals surface area contributed by atoms with Gasteiger partial charge < -0.3 is 20.0 Å². The highest BCUT2D eigenvalue weighted by Crippen LogP contribution is 2.14. The molecule has 1 N–H and O–H groups in total. The average Bonchev–Trinajstić information content (AvgIpc) is 2.58. The van der Waals surface area contributed by atoms with Crippen molar-refractivity contribution in [2.75, 3.05) is 51.7 Å². The van der Waals surface area contributed by atoms with Gasteiger partial charge in [0, 0.05) is 52.5 Å².